The monoisotopic (exact) mass is 274 g/mol. The molecule has 1 heterocycles. The van der Waals surface area contributed by atoms with Gasteiger partial charge in [-0.1, -0.05) is 32.0 Å². The van der Waals surface area contributed by atoms with Crippen LogP contribution in [0.2, 0.25) is 0 Å². The van der Waals surface area contributed by atoms with Crippen LogP contribution in [0, 0.1) is 6.92 Å². The van der Waals surface area contributed by atoms with Crippen LogP contribution < -0.4 is 5.56 Å². The number of H-pyrrole nitrogens is 1. The van der Waals surface area contributed by atoms with Crippen molar-refractivity contribution in [1.82, 2.24) is 9.97 Å². The minimum absolute atomic E-state index is 0.00818. The summed E-state index contributed by atoms with van der Waals surface area (Å²) in [4.78, 5) is 20.6. The van der Waals surface area contributed by atoms with E-state index in [1.54, 1.807) is 11.8 Å². The van der Waals surface area contributed by atoms with E-state index in [1.165, 1.54) is 4.90 Å². The molecule has 1 N–H and O–H groups in total. The third-order valence-electron chi connectivity index (χ3n) is 2.89. The molecule has 100 valence electrons. The van der Waals surface area contributed by atoms with Gasteiger partial charge in [-0.3, -0.25) is 4.79 Å². The SMILES string of the molecule is Cc1nc(CSc2ccccc2)[nH]c(=O)c1C(C)C. The van der Waals surface area contributed by atoms with E-state index >= 15 is 0 Å². The van der Waals surface area contributed by atoms with Gasteiger partial charge >= 0.3 is 0 Å². The first-order valence-corrected chi connectivity index (χ1v) is 7.34. The number of aryl methyl sites for hydroxylation is 1. The van der Waals surface area contributed by atoms with Gasteiger partial charge in [-0.25, -0.2) is 4.98 Å². The van der Waals surface area contributed by atoms with E-state index in [-0.39, 0.29) is 11.5 Å². The normalized spacial score (nSPS) is 10.9. The summed E-state index contributed by atoms with van der Waals surface area (Å²) in [7, 11) is 0. The van der Waals surface area contributed by atoms with E-state index in [2.05, 4.69) is 22.1 Å². The van der Waals surface area contributed by atoms with Crippen LogP contribution in [0.3, 0.4) is 0 Å². The minimum Gasteiger partial charge on any atom is -0.310 e. The summed E-state index contributed by atoms with van der Waals surface area (Å²) in [5, 5.41) is 0. The minimum atomic E-state index is -0.00818. The molecule has 0 fully saturated rings. The van der Waals surface area contributed by atoms with Crippen LogP contribution >= 0.6 is 11.8 Å². The first-order chi connectivity index (χ1) is 9.08. The Labute approximate surface area is 117 Å². The molecule has 0 spiro atoms. The molecule has 0 unspecified atom stereocenters. The molecule has 0 amide bonds. The van der Waals surface area contributed by atoms with Crippen LogP contribution in [0.4, 0.5) is 0 Å². The molecule has 0 aliphatic rings. The number of rotatable bonds is 4. The maximum Gasteiger partial charge on any atom is 0.254 e. The number of nitrogens with one attached hydrogen (secondary N) is 1. The number of benzene rings is 1. The van der Waals surface area contributed by atoms with Crippen molar-refractivity contribution in [3.8, 4) is 0 Å². The van der Waals surface area contributed by atoms with Crippen molar-refractivity contribution < 1.29 is 0 Å². The Kier molecular flexibility index (Phi) is 4.43. The Bertz CT molecular complexity index is 605. The second-order valence-electron chi connectivity index (χ2n) is 4.77. The topological polar surface area (TPSA) is 45.8 Å². The highest BCUT2D eigenvalue weighted by Gasteiger charge is 2.11. The lowest BCUT2D eigenvalue weighted by molar-refractivity contribution is 0.799. The van der Waals surface area contributed by atoms with Crippen LogP contribution in [-0.2, 0) is 5.75 Å². The highest BCUT2D eigenvalue weighted by Crippen LogP contribution is 2.21. The number of aromatic amines is 1. The molecule has 0 atom stereocenters. The molecule has 0 saturated carbocycles. The Morgan fingerprint density at radius 2 is 1.95 bits per heavy atom. The largest absolute Gasteiger partial charge is 0.310 e. The van der Waals surface area contributed by atoms with E-state index < -0.39 is 0 Å². The van der Waals surface area contributed by atoms with Gasteiger partial charge in [0.1, 0.15) is 5.82 Å². The summed E-state index contributed by atoms with van der Waals surface area (Å²) >= 11 is 1.67. The predicted octanol–water partition coefficient (Wildman–Crippen LogP) is 3.49. The fourth-order valence-corrected chi connectivity index (χ4v) is 2.86. The van der Waals surface area contributed by atoms with Gasteiger partial charge in [-0.05, 0) is 25.0 Å². The first-order valence-electron chi connectivity index (χ1n) is 6.35. The van der Waals surface area contributed by atoms with Gasteiger partial charge in [0, 0.05) is 16.2 Å². The number of hydrogen-bond donors (Lipinski definition) is 1. The summed E-state index contributed by atoms with van der Waals surface area (Å²) in [5.74, 6) is 1.62. The van der Waals surface area contributed by atoms with Crippen LogP contribution in [0.15, 0.2) is 40.0 Å². The van der Waals surface area contributed by atoms with Crippen molar-refractivity contribution in [2.45, 2.75) is 37.3 Å². The molecule has 2 aromatic rings. The molecule has 0 saturated heterocycles. The Hall–Kier alpha value is -1.55. The highest BCUT2D eigenvalue weighted by atomic mass is 32.2. The second-order valence-corrected chi connectivity index (χ2v) is 5.82. The van der Waals surface area contributed by atoms with Gasteiger partial charge in [0.2, 0.25) is 0 Å². The van der Waals surface area contributed by atoms with Crippen molar-refractivity contribution >= 4 is 11.8 Å². The molecule has 0 radical (unpaired) electrons. The fourth-order valence-electron chi connectivity index (χ4n) is 2.07. The Morgan fingerprint density at radius 3 is 2.53 bits per heavy atom. The van der Waals surface area contributed by atoms with Crippen molar-refractivity contribution in [2.24, 2.45) is 0 Å². The van der Waals surface area contributed by atoms with Crippen LogP contribution in [0.1, 0.15) is 36.8 Å². The molecule has 2 rings (SSSR count). The zero-order valence-electron chi connectivity index (χ0n) is 11.4. The average Bonchev–Trinajstić information content (AvgIpc) is 2.36. The molecular formula is C15H18N2OS. The second kappa shape index (κ2) is 6.06. The van der Waals surface area contributed by atoms with Gasteiger partial charge in [0.05, 0.1) is 5.75 Å². The summed E-state index contributed by atoms with van der Waals surface area (Å²) in [6.45, 7) is 5.93. The van der Waals surface area contributed by atoms with Crippen LogP contribution in [0.25, 0.3) is 0 Å². The summed E-state index contributed by atoms with van der Waals surface area (Å²) in [6.07, 6.45) is 0. The lowest BCUT2D eigenvalue weighted by Crippen LogP contribution is -2.19. The molecule has 1 aromatic heterocycles. The van der Waals surface area contributed by atoms with Crippen LogP contribution in [0.5, 0.6) is 0 Å². The van der Waals surface area contributed by atoms with Crippen molar-refractivity contribution in [2.75, 3.05) is 0 Å². The van der Waals surface area contributed by atoms with E-state index in [0.29, 0.717) is 5.75 Å². The number of hydrogen-bond acceptors (Lipinski definition) is 3. The third-order valence-corrected chi connectivity index (χ3v) is 3.91. The van der Waals surface area contributed by atoms with E-state index in [4.69, 9.17) is 0 Å². The standard InChI is InChI=1S/C15H18N2OS/c1-10(2)14-11(3)16-13(17-15(14)18)9-19-12-7-5-4-6-8-12/h4-8,10H,9H2,1-3H3,(H,16,17,18). The van der Waals surface area contributed by atoms with E-state index in [9.17, 15) is 4.79 Å². The van der Waals surface area contributed by atoms with Gasteiger partial charge in [-0.2, -0.15) is 0 Å². The van der Waals surface area contributed by atoms with Crippen molar-refractivity contribution in [3.05, 3.63) is 57.8 Å². The van der Waals surface area contributed by atoms with Crippen molar-refractivity contribution in [1.29, 1.82) is 0 Å². The quantitative estimate of drug-likeness (QED) is 0.868. The Morgan fingerprint density at radius 1 is 1.26 bits per heavy atom. The zero-order chi connectivity index (χ0) is 13.8. The zero-order valence-corrected chi connectivity index (χ0v) is 12.3. The summed E-state index contributed by atoms with van der Waals surface area (Å²) in [6, 6.07) is 10.1. The molecular weight excluding hydrogens is 256 g/mol. The highest BCUT2D eigenvalue weighted by molar-refractivity contribution is 7.98. The van der Waals surface area contributed by atoms with Crippen molar-refractivity contribution in [3.63, 3.8) is 0 Å². The van der Waals surface area contributed by atoms with Gasteiger partial charge in [0.15, 0.2) is 0 Å². The maximum absolute atomic E-state index is 12.0. The lowest BCUT2D eigenvalue weighted by atomic mass is 10.0. The van der Waals surface area contributed by atoms with Crippen LogP contribution in [-0.4, -0.2) is 9.97 Å². The molecule has 1 aromatic carbocycles. The van der Waals surface area contributed by atoms with Gasteiger partial charge < -0.3 is 4.98 Å². The van der Waals surface area contributed by atoms with Gasteiger partial charge in [0.25, 0.3) is 5.56 Å². The molecule has 0 aliphatic carbocycles. The van der Waals surface area contributed by atoms with E-state index in [0.717, 1.165) is 17.1 Å². The number of thioether (sulfide) groups is 1. The number of nitrogens with zero attached hydrogens (tertiary/aromatic N) is 1. The number of aromatic nitrogens is 2. The van der Waals surface area contributed by atoms with E-state index in [1.807, 2.05) is 39.0 Å². The first kappa shape index (κ1) is 13.9. The third kappa shape index (κ3) is 3.47. The molecule has 4 heteroatoms. The Balaban J connectivity index is 2.17. The molecule has 0 aliphatic heterocycles. The lowest BCUT2D eigenvalue weighted by Gasteiger charge is -2.09. The summed E-state index contributed by atoms with van der Waals surface area (Å²) in [5.41, 5.74) is 1.61. The maximum atomic E-state index is 12.0. The fraction of sp³-hybridized carbons (Fsp3) is 0.333. The summed E-state index contributed by atoms with van der Waals surface area (Å²) < 4.78 is 0. The average molecular weight is 274 g/mol. The smallest absolute Gasteiger partial charge is 0.254 e. The molecule has 3 nitrogen and oxygen atoms in total. The molecule has 19 heavy (non-hydrogen) atoms. The predicted molar refractivity (Wildman–Crippen MR) is 79.7 cm³/mol. The molecule has 0 bridgehead atoms. The van der Waals surface area contributed by atoms with Gasteiger partial charge in [-0.15, -0.1) is 11.8 Å².